The van der Waals surface area contributed by atoms with E-state index in [2.05, 4.69) is 34.9 Å². The molecular weight excluding hydrogens is 208 g/mol. The number of aryl methyl sites for hydroxylation is 1. The molecule has 1 aliphatic carbocycles. The van der Waals surface area contributed by atoms with E-state index in [0.717, 1.165) is 19.0 Å². The summed E-state index contributed by atoms with van der Waals surface area (Å²) in [5.41, 5.74) is 2.79. The summed E-state index contributed by atoms with van der Waals surface area (Å²) >= 11 is 0. The first-order valence-electron chi connectivity index (χ1n) is 6.96. The number of hydrogen-bond acceptors (Lipinski definition) is 2. The van der Waals surface area contributed by atoms with Gasteiger partial charge in [0.2, 0.25) is 0 Å². The predicted octanol–water partition coefficient (Wildman–Crippen LogP) is 2.80. The van der Waals surface area contributed by atoms with E-state index in [1.54, 1.807) is 0 Å². The summed E-state index contributed by atoms with van der Waals surface area (Å²) in [6, 6.07) is 9.60. The van der Waals surface area contributed by atoms with E-state index in [-0.39, 0.29) is 0 Å². The van der Waals surface area contributed by atoms with E-state index in [9.17, 15) is 0 Å². The molecule has 0 radical (unpaired) electrons. The topological polar surface area (TPSA) is 24.1 Å². The smallest absolute Gasteiger partial charge is 0.0398 e. The normalized spacial score (nSPS) is 23.9. The zero-order valence-electron chi connectivity index (χ0n) is 10.4. The van der Waals surface area contributed by atoms with Crippen LogP contribution in [0.4, 0.5) is 5.69 Å². The molecule has 2 heteroatoms. The molecule has 1 aliphatic heterocycles. The molecule has 2 aliphatic rings. The largest absolute Gasteiger partial charge is 0.381 e. The van der Waals surface area contributed by atoms with Crippen LogP contribution in [-0.4, -0.2) is 19.1 Å². The summed E-state index contributed by atoms with van der Waals surface area (Å²) in [6.07, 6.45) is 6.81. The third-order valence-corrected chi connectivity index (χ3v) is 3.90. The van der Waals surface area contributed by atoms with Crippen molar-refractivity contribution in [1.29, 1.82) is 0 Å². The second-order valence-electron chi connectivity index (χ2n) is 5.52. The molecule has 1 atom stereocenters. The Balaban J connectivity index is 1.56. The molecule has 0 aromatic heterocycles. The highest BCUT2D eigenvalue weighted by atomic mass is 15.0. The quantitative estimate of drug-likeness (QED) is 0.813. The molecule has 1 saturated heterocycles. The van der Waals surface area contributed by atoms with Crippen LogP contribution in [0, 0.1) is 5.92 Å². The molecule has 92 valence electrons. The van der Waals surface area contributed by atoms with Gasteiger partial charge >= 0.3 is 0 Å². The fourth-order valence-electron chi connectivity index (χ4n) is 2.61. The van der Waals surface area contributed by atoms with E-state index >= 15 is 0 Å². The number of rotatable bonds is 5. The van der Waals surface area contributed by atoms with Crippen LogP contribution in [0.15, 0.2) is 24.3 Å². The van der Waals surface area contributed by atoms with Gasteiger partial charge < -0.3 is 10.6 Å². The van der Waals surface area contributed by atoms with Gasteiger partial charge in [0.1, 0.15) is 0 Å². The van der Waals surface area contributed by atoms with Gasteiger partial charge in [-0.3, -0.25) is 0 Å². The molecule has 0 bridgehead atoms. The highest BCUT2D eigenvalue weighted by Gasteiger charge is 2.20. The first kappa shape index (κ1) is 11.1. The van der Waals surface area contributed by atoms with Crippen molar-refractivity contribution in [3.63, 3.8) is 0 Å². The number of anilines is 1. The van der Waals surface area contributed by atoms with E-state index in [0.29, 0.717) is 6.04 Å². The van der Waals surface area contributed by atoms with Crippen molar-refractivity contribution in [2.45, 2.75) is 38.1 Å². The third kappa shape index (κ3) is 3.22. The van der Waals surface area contributed by atoms with E-state index in [4.69, 9.17) is 0 Å². The Morgan fingerprint density at radius 3 is 2.94 bits per heavy atom. The Bertz CT molecular complexity index is 365. The summed E-state index contributed by atoms with van der Waals surface area (Å²) in [7, 11) is 0. The molecule has 3 rings (SSSR count). The van der Waals surface area contributed by atoms with Gasteiger partial charge in [-0.2, -0.15) is 0 Å². The minimum atomic E-state index is 0.619. The molecular formula is C15H22N2. The lowest BCUT2D eigenvalue weighted by Gasteiger charge is -2.13. The van der Waals surface area contributed by atoms with Crippen molar-refractivity contribution in [2.75, 3.05) is 18.4 Å². The van der Waals surface area contributed by atoms with Gasteiger partial charge in [-0.05, 0) is 49.4 Å². The highest BCUT2D eigenvalue weighted by Crippen LogP contribution is 2.33. The van der Waals surface area contributed by atoms with Crippen molar-refractivity contribution in [3.8, 4) is 0 Å². The SMILES string of the molecule is c1cc(CCC2CC2)cc(NC2CCNC2)c1. The monoisotopic (exact) mass is 230 g/mol. The zero-order valence-corrected chi connectivity index (χ0v) is 10.4. The van der Waals surface area contributed by atoms with Gasteiger partial charge in [-0.25, -0.2) is 0 Å². The molecule has 0 amide bonds. The summed E-state index contributed by atoms with van der Waals surface area (Å²) in [5.74, 6) is 1.03. The van der Waals surface area contributed by atoms with Crippen LogP contribution < -0.4 is 10.6 Å². The molecule has 1 heterocycles. The summed E-state index contributed by atoms with van der Waals surface area (Å²) in [4.78, 5) is 0. The molecule has 1 unspecified atom stereocenters. The van der Waals surface area contributed by atoms with Gasteiger partial charge in [0.15, 0.2) is 0 Å². The summed E-state index contributed by atoms with van der Waals surface area (Å²) in [5, 5.41) is 7.02. The molecule has 0 spiro atoms. The average Bonchev–Trinajstić information content (AvgIpc) is 3.05. The van der Waals surface area contributed by atoms with Crippen LogP contribution in [0.2, 0.25) is 0 Å². The number of benzene rings is 1. The maximum atomic E-state index is 3.62. The molecule has 17 heavy (non-hydrogen) atoms. The van der Waals surface area contributed by atoms with Crippen LogP contribution in [0.5, 0.6) is 0 Å². The van der Waals surface area contributed by atoms with Crippen molar-refractivity contribution in [3.05, 3.63) is 29.8 Å². The van der Waals surface area contributed by atoms with Crippen LogP contribution >= 0.6 is 0 Å². The molecule has 2 nitrogen and oxygen atoms in total. The first-order valence-corrected chi connectivity index (χ1v) is 6.96. The lowest BCUT2D eigenvalue weighted by atomic mass is 10.1. The summed E-state index contributed by atoms with van der Waals surface area (Å²) in [6.45, 7) is 2.26. The fourth-order valence-corrected chi connectivity index (χ4v) is 2.61. The Morgan fingerprint density at radius 2 is 2.18 bits per heavy atom. The molecule has 2 fully saturated rings. The fraction of sp³-hybridized carbons (Fsp3) is 0.600. The summed E-state index contributed by atoms with van der Waals surface area (Å²) < 4.78 is 0. The van der Waals surface area contributed by atoms with Gasteiger partial charge in [0.25, 0.3) is 0 Å². The maximum absolute atomic E-state index is 3.62. The van der Waals surface area contributed by atoms with Gasteiger partial charge in [-0.1, -0.05) is 25.0 Å². The minimum Gasteiger partial charge on any atom is -0.381 e. The Hall–Kier alpha value is -1.02. The number of hydrogen-bond donors (Lipinski definition) is 2. The second kappa shape index (κ2) is 5.09. The van der Waals surface area contributed by atoms with Crippen LogP contribution in [0.1, 0.15) is 31.2 Å². The first-order chi connectivity index (χ1) is 8.40. The highest BCUT2D eigenvalue weighted by molar-refractivity contribution is 5.46. The lowest BCUT2D eigenvalue weighted by Crippen LogP contribution is -2.22. The second-order valence-corrected chi connectivity index (χ2v) is 5.52. The van der Waals surface area contributed by atoms with Gasteiger partial charge in [0, 0.05) is 18.3 Å². The van der Waals surface area contributed by atoms with E-state index < -0.39 is 0 Å². The van der Waals surface area contributed by atoms with Gasteiger partial charge in [-0.15, -0.1) is 0 Å². The van der Waals surface area contributed by atoms with Crippen LogP contribution in [0.25, 0.3) is 0 Å². The molecule has 1 aromatic rings. The zero-order chi connectivity index (χ0) is 11.5. The Kier molecular flexibility index (Phi) is 3.32. The van der Waals surface area contributed by atoms with Crippen LogP contribution in [-0.2, 0) is 6.42 Å². The Morgan fingerprint density at radius 1 is 1.24 bits per heavy atom. The molecule has 2 N–H and O–H groups in total. The van der Waals surface area contributed by atoms with E-state index in [1.165, 1.54) is 43.4 Å². The van der Waals surface area contributed by atoms with E-state index in [1.807, 2.05) is 0 Å². The molecule has 1 aromatic carbocycles. The van der Waals surface area contributed by atoms with Crippen molar-refractivity contribution in [2.24, 2.45) is 5.92 Å². The Labute approximate surface area is 104 Å². The van der Waals surface area contributed by atoms with Crippen molar-refractivity contribution in [1.82, 2.24) is 5.32 Å². The van der Waals surface area contributed by atoms with Crippen molar-refractivity contribution < 1.29 is 0 Å². The minimum absolute atomic E-state index is 0.619. The third-order valence-electron chi connectivity index (χ3n) is 3.90. The predicted molar refractivity (Wildman–Crippen MR) is 72.4 cm³/mol. The average molecular weight is 230 g/mol. The molecule has 1 saturated carbocycles. The maximum Gasteiger partial charge on any atom is 0.0398 e. The van der Waals surface area contributed by atoms with Crippen molar-refractivity contribution >= 4 is 5.69 Å². The lowest BCUT2D eigenvalue weighted by molar-refractivity contribution is 0.726. The van der Waals surface area contributed by atoms with Crippen LogP contribution in [0.3, 0.4) is 0 Å². The standard InChI is InChI=1S/C15H22N2/c1-2-13(7-6-12-4-5-12)10-14(3-1)17-15-8-9-16-11-15/h1-3,10,12,15-17H,4-9,11H2. The number of nitrogens with one attached hydrogen (secondary N) is 2. The van der Waals surface area contributed by atoms with Gasteiger partial charge in [0.05, 0.1) is 0 Å².